The number of sulfonamides is 1. The standard InChI is InChI=1S/C15H22N2O2S/c1-11-5-3-4-6-15(11)20(18,19)17(2)14-9-12-7-8-13(10-14)16-12/h3-6,12-14,16H,7-10H2,1-2H3. The zero-order chi connectivity index (χ0) is 14.3. The van der Waals surface area contributed by atoms with Crippen LogP contribution in [0.2, 0.25) is 0 Å². The molecule has 0 aromatic heterocycles. The van der Waals surface area contributed by atoms with Crippen molar-refractivity contribution in [2.75, 3.05) is 7.05 Å². The Bertz CT molecular complexity index is 588. The molecule has 0 radical (unpaired) electrons. The minimum absolute atomic E-state index is 0.123. The smallest absolute Gasteiger partial charge is 0.243 e. The van der Waals surface area contributed by atoms with Crippen molar-refractivity contribution < 1.29 is 8.42 Å². The summed E-state index contributed by atoms with van der Waals surface area (Å²) in [6.07, 6.45) is 4.22. The molecule has 1 aromatic carbocycles. The third-order valence-electron chi connectivity index (χ3n) is 4.71. The van der Waals surface area contributed by atoms with E-state index >= 15 is 0 Å². The second-order valence-corrected chi connectivity index (χ2v) is 8.02. The van der Waals surface area contributed by atoms with E-state index in [1.807, 2.05) is 19.1 Å². The van der Waals surface area contributed by atoms with Gasteiger partial charge in [-0.15, -0.1) is 0 Å². The molecule has 1 N–H and O–H groups in total. The van der Waals surface area contributed by atoms with Crippen molar-refractivity contribution in [1.82, 2.24) is 9.62 Å². The molecule has 0 amide bonds. The Morgan fingerprint density at radius 2 is 1.75 bits per heavy atom. The number of nitrogens with one attached hydrogen (secondary N) is 1. The van der Waals surface area contributed by atoms with Gasteiger partial charge < -0.3 is 5.32 Å². The number of aryl methyl sites for hydroxylation is 1. The van der Waals surface area contributed by atoms with Crippen LogP contribution in [0.5, 0.6) is 0 Å². The summed E-state index contributed by atoms with van der Waals surface area (Å²) < 4.78 is 27.2. The van der Waals surface area contributed by atoms with Crippen molar-refractivity contribution in [2.45, 2.75) is 55.6 Å². The van der Waals surface area contributed by atoms with Gasteiger partial charge in [-0.05, 0) is 44.2 Å². The third kappa shape index (κ3) is 2.38. The van der Waals surface area contributed by atoms with E-state index in [4.69, 9.17) is 0 Å². The summed E-state index contributed by atoms with van der Waals surface area (Å²) >= 11 is 0. The van der Waals surface area contributed by atoms with E-state index < -0.39 is 10.0 Å². The zero-order valence-corrected chi connectivity index (χ0v) is 12.9. The Labute approximate surface area is 121 Å². The SMILES string of the molecule is Cc1ccccc1S(=O)(=O)N(C)C1CC2CCC(C1)N2. The quantitative estimate of drug-likeness (QED) is 0.926. The Balaban J connectivity index is 1.86. The number of rotatable bonds is 3. The van der Waals surface area contributed by atoms with E-state index in [1.54, 1.807) is 23.5 Å². The first-order chi connectivity index (χ1) is 9.48. The normalized spacial score (nSPS) is 29.9. The van der Waals surface area contributed by atoms with Crippen LogP contribution >= 0.6 is 0 Å². The van der Waals surface area contributed by atoms with E-state index in [9.17, 15) is 8.42 Å². The van der Waals surface area contributed by atoms with Gasteiger partial charge >= 0.3 is 0 Å². The van der Waals surface area contributed by atoms with Gasteiger partial charge in [0, 0.05) is 25.2 Å². The fraction of sp³-hybridized carbons (Fsp3) is 0.600. The van der Waals surface area contributed by atoms with Crippen molar-refractivity contribution in [2.24, 2.45) is 0 Å². The first-order valence-corrected chi connectivity index (χ1v) is 8.72. The molecular formula is C15H22N2O2S. The Morgan fingerprint density at radius 1 is 1.15 bits per heavy atom. The molecule has 0 spiro atoms. The van der Waals surface area contributed by atoms with Gasteiger partial charge in [0.25, 0.3) is 0 Å². The van der Waals surface area contributed by atoms with Crippen molar-refractivity contribution in [3.05, 3.63) is 29.8 Å². The first-order valence-electron chi connectivity index (χ1n) is 7.28. The molecule has 2 bridgehead atoms. The highest BCUT2D eigenvalue weighted by Gasteiger charge is 2.38. The van der Waals surface area contributed by atoms with Crippen LogP contribution in [0.3, 0.4) is 0 Å². The zero-order valence-electron chi connectivity index (χ0n) is 12.0. The summed E-state index contributed by atoms with van der Waals surface area (Å²) in [6.45, 7) is 1.85. The minimum Gasteiger partial charge on any atom is -0.311 e. The van der Waals surface area contributed by atoms with E-state index in [0.29, 0.717) is 17.0 Å². The molecule has 2 saturated heterocycles. The molecular weight excluding hydrogens is 272 g/mol. The number of nitrogens with zero attached hydrogens (tertiary/aromatic N) is 1. The lowest BCUT2D eigenvalue weighted by Gasteiger charge is -2.35. The van der Waals surface area contributed by atoms with Gasteiger partial charge in [-0.3, -0.25) is 0 Å². The number of piperidine rings is 1. The van der Waals surface area contributed by atoms with Gasteiger partial charge in [0.05, 0.1) is 4.90 Å². The topological polar surface area (TPSA) is 49.4 Å². The largest absolute Gasteiger partial charge is 0.311 e. The molecule has 5 heteroatoms. The molecule has 20 heavy (non-hydrogen) atoms. The molecule has 2 fully saturated rings. The first kappa shape index (κ1) is 14.0. The Hall–Kier alpha value is -0.910. The van der Waals surface area contributed by atoms with Crippen LogP contribution in [0.4, 0.5) is 0 Å². The summed E-state index contributed by atoms with van der Waals surface area (Å²) in [4.78, 5) is 0.438. The molecule has 2 aliphatic heterocycles. The maximum Gasteiger partial charge on any atom is 0.243 e. The van der Waals surface area contributed by atoms with E-state index in [-0.39, 0.29) is 6.04 Å². The second kappa shape index (κ2) is 5.13. The summed E-state index contributed by atoms with van der Waals surface area (Å²) in [6, 6.07) is 8.34. The van der Waals surface area contributed by atoms with Gasteiger partial charge in [0.15, 0.2) is 0 Å². The van der Waals surface area contributed by atoms with Crippen LogP contribution in [0.1, 0.15) is 31.2 Å². The molecule has 2 heterocycles. The fourth-order valence-corrected chi connectivity index (χ4v) is 5.12. The van der Waals surface area contributed by atoms with Crippen molar-refractivity contribution in [3.8, 4) is 0 Å². The summed E-state index contributed by atoms with van der Waals surface area (Å²) in [5.41, 5.74) is 0.816. The highest BCUT2D eigenvalue weighted by molar-refractivity contribution is 7.89. The van der Waals surface area contributed by atoms with Crippen LogP contribution in [-0.4, -0.2) is 37.9 Å². The number of fused-ring (bicyclic) bond motifs is 2. The molecule has 0 saturated carbocycles. The molecule has 2 unspecified atom stereocenters. The molecule has 2 atom stereocenters. The van der Waals surface area contributed by atoms with Crippen LogP contribution < -0.4 is 5.32 Å². The van der Waals surface area contributed by atoms with Crippen molar-refractivity contribution in [1.29, 1.82) is 0 Å². The second-order valence-electron chi connectivity index (χ2n) is 6.05. The lowest BCUT2D eigenvalue weighted by atomic mass is 10.0. The van der Waals surface area contributed by atoms with Gasteiger partial charge in [0.2, 0.25) is 10.0 Å². The molecule has 110 valence electrons. The minimum atomic E-state index is -3.38. The van der Waals surface area contributed by atoms with Gasteiger partial charge in [-0.25, -0.2) is 8.42 Å². The Kier molecular flexibility index (Phi) is 3.60. The van der Waals surface area contributed by atoms with Crippen LogP contribution in [0, 0.1) is 6.92 Å². The average molecular weight is 294 g/mol. The van der Waals surface area contributed by atoms with Gasteiger partial charge in [0.1, 0.15) is 0 Å². The van der Waals surface area contributed by atoms with E-state index in [2.05, 4.69) is 5.32 Å². The summed E-state index contributed by atoms with van der Waals surface area (Å²) in [5.74, 6) is 0. The predicted octanol–water partition coefficient (Wildman–Crippen LogP) is 1.90. The van der Waals surface area contributed by atoms with Gasteiger partial charge in [-0.1, -0.05) is 18.2 Å². The average Bonchev–Trinajstić information content (AvgIpc) is 2.77. The van der Waals surface area contributed by atoms with Crippen LogP contribution in [-0.2, 0) is 10.0 Å². The lowest BCUT2D eigenvalue weighted by molar-refractivity contribution is 0.251. The molecule has 1 aromatic rings. The van der Waals surface area contributed by atoms with Crippen molar-refractivity contribution >= 4 is 10.0 Å². The third-order valence-corrected chi connectivity index (χ3v) is 6.78. The van der Waals surface area contributed by atoms with Crippen LogP contribution in [0.15, 0.2) is 29.2 Å². The lowest BCUT2D eigenvalue weighted by Crippen LogP contribution is -2.48. The monoisotopic (exact) mass is 294 g/mol. The predicted molar refractivity (Wildman–Crippen MR) is 79.1 cm³/mol. The molecule has 0 aliphatic carbocycles. The number of benzene rings is 1. The summed E-state index contributed by atoms with van der Waals surface area (Å²) in [7, 11) is -1.65. The summed E-state index contributed by atoms with van der Waals surface area (Å²) in [5, 5.41) is 3.56. The van der Waals surface area contributed by atoms with Crippen LogP contribution in [0.25, 0.3) is 0 Å². The maximum atomic E-state index is 12.8. The maximum absolute atomic E-state index is 12.8. The molecule has 4 nitrogen and oxygen atoms in total. The molecule has 3 rings (SSSR count). The number of hydrogen-bond acceptors (Lipinski definition) is 3. The van der Waals surface area contributed by atoms with E-state index in [0.717, 1.165) is 18.4 Å². The van der Waals surface area contributed by atoms with Crippen molar-refractivity contribution in [3.63, 3.8) is 0 Å². The van der Waals surface area contributed by atoms with E-state index in [1.165, 1.54) is 12.8 Å². The Morgan fingerprint density at radius 3 is 2.35 bits per heavy atom. The highest BCUT2D eigenvalue weighted by atomic mass is 32.2. The number of hydrogen-bond donors (Lipinski definition) is 1. The fourth-order valence-electron chi connectivity index (χ4n) is 3.52. The van der Waals surface area contributed by atoms with Gasteiger partial charge in [-0.2, -0.15) is 4.31 Å². The highest BCUT2D eigenvalue weighted by Crippen LogP contribution is 2.32. The molecule has 2 aliphatic rings.